The molecule has 0 spiro atoms. The van der Waals surface area contributed by atoms with Crippen LogP contribution in [0.3, 0.4) is 0 Å². The lowest BCUT2D eigenvalue weighted by Gasteiger charge is -2.30. The summed E-state index contributed by atoms with van der Waals surface area (Å²) >= 11 is 6.24. The molecule has 162 valence electrons. The Kier molecular flexibility index (Phi) is 6.42. The second-order valence-corrected chi connectivity index (χ2v) is 7.49. The van der Waals surface area contributed by atoms with Crippen molar-refractivity contribution in [2.24, 2.45) is 0 Å². The predicted molar refractivity (Wildman–Crippen MR) is 124 cm³/mol. The summed E-state index contributed by atoms with van der Waals surface area (Å²) in [4.78, 5) is 27.3. The fourth-order valence-electron chi connectivity index (χ4n) is 3.39. The van der Waals surface area contributed by atoms with Crippen LogP contribution in [0.15, 0.2) is 78.6 Å². The fraction of sp³-hybridized carbons (Fsp3) is 0.120. The molecule has 0 unspecified atom stereocenters. The van der Waals surface area contributed by atoms with E-state index in [2.05, 4.69) is 5.32 Å². The number of anilines is 1. The van der Waals surface area contributed by atoms with E-state index in [1.807, 2.05) is 42.5 Å². The molecule has 7 heteroatoms. The number of hydrogen-bond acceptors (Lipinski definition) is 4. The van der Waals surface area contributed by atoms with E-state index in [9.17, 15) is 9.59 Å². The molecule has 0 bridgehead atoms. The minimum Gasteiger partial charge on any atom is -0.496 e. The lowest BCUT2D eigenvalue weighted by atomic mass is 10.1. The first-order valence-corrected chi connectivity index (χ1v) is 10.4. The largest absolute Gasteiger partial charge is 0.496 e. The number of nitrogens with zero attached hydrogens (tertiary/aromatic N) is 1. The third kappa shape index (κ3) is 4.60. The third-order valence-electron chi connectivity index (χ3n) is 4.99. The standard InChI is InChI=1S/C25H21ClN2O4/c1-31-21-12-6-3-9-18(21)15-27-24(29)16-28-20-11-5-7-13-22(20)32-23(25(28)30)14-17-8-2-4-10-19(17)26/h2-14H,15-16H2,1H3,(H,27,29)/b23-14+. The number of rotatable bonds is 6. The molecule has 6 nitrogen and oxygen atoms in total. The summed E-state index contributed by atoms with van der Waals surface area (Å²) in [5, 5.41) is 3.35. The molecular formula is C25H21ClN2O4. The Morgan fingerprint density at radius 2 is 1.78 bits per heavy atom. The minimum absolute atomic E-state index is 0.0920. The van der Waals surface area contributed by atoms with E-state index in [-0.39, 0.29) is 24.8 Å². The van der Waals surface area contributed by atoms with E-state index in [0.717, 1.165) is 5.56 Å². The van der Waals surface area contributed by atoms with Gasteiger partial charge >= 0.3 is 0 Å². The molecule has 2 amide bonds. The van der Waals surface area contributed by atoms with Crippen molar-refractivity contribution in [3.8, 4) is 11.5 Å². The lowest BCUT2D eigenvalue weighted by molar-refractivity contribution is -0.123. The maximum atomic E-state index is 13.2. The number of benzene rings is 3. The number of halogens is 1. The normalized spacial score (nSPS) is 14.0. The smallest absolute Gasteiger partial charge is 0.294 e. The van der Waals surface area contributed by atoms with Gasteiger partial charge in [-0.2, -0.15) is 0 Å². The second-order valence-electron chi connectivity index (χ2n) is 7.08. The summed E-state index contributed by atoms with van der Waals surface area (Å²) in [7, 11) is 1.58. The zero-order valence-electron chi connectivity index (χ0n) is 17.4. The maximum absolute atomic E-state index is 13.2. The summed E-state index contributed by atoms with van der Waals surface area (Å²) in [6, 6.07) is 21.7. The van der Waals surface area contributed by atoms with E-state index in [0.29, 0.717) is 27.8 Å². The lowest BCUT2D eigenvalue weighted by Crippen LogP contribution is -2.44. The quantitative estimate of drug-likeness (QED) is 0.566. The molecule has 0 aliphatic carbocycles. The Labute approximate surface area is 191 Å². The molecule has 0 fully saturated rings. The van der Waals surface area contributed by atoms with Gasteiger partial charge in [0.2, 0.25) is 5.91 Å². The number of carbonyl (C=O) groups is 2. The van der Waals surface area contributed by atoms with Gasteiger partial charge in [0.25, 0.3) is 5.91 Å². The Hall–Kier alpha value is -3.77. The Bertz CT molecular complexity index is 1190. The van der Waals surface area contributed by atoms with Crippen LogP contribution in [-0.2, 0) is 16.1 Å². The van der Waals surface area contributed by atoms with E-state index < -0.39 is 5.91 Å². The predicted octanol–water partition coefficient (Wildman–Crippen LogP) is 4.43. The molecule has 1 aliphatic rings. The van der Waals surface area contributed by atoms with Crippen LogP contribution in [-0.4, -0.2) is 25.5 Å². The average Bonchev–Trinajstić information content (AvgIpc) is 2.82. The Balaban J connectivity index is 1.56. The highest BCUT2D eigenvalue weighted by Crippen LogP contribution is 2.35. The fourth-order valence-corrected chi connectivity index (χ4v) is 3.59. The topological polar surface area (TPSA) is 67.9 Å². The van der Waals surface area contributed by atoms with Crippen molar-refractivity contribution in [1.29, 1.82) is 0 Å². The van der Waals surface area contributed by atoms with Crippen LogP contribution in [0, 0.1) is 0 Å². The number of para-hydroxylation sites is 3. The van der Waals surface area contributed by atoms with Crippen molar-refractivity contribution in [2.45, 2.75) is 6.54 Å². The van der Waals surface area contributed by atoms with Crippen LogP contribution in [0.2, 0.25) is 5.02 Å². The van der Waals surface area contributed by atoms with Crippen molar-refractivity contribution < 1.29 is 19.1 Å². The molecule has 1 heterocycles. The number of methoxy groups -OCH3 is 1. The highest BCUT2D eigenvalue weighted by molar-refractivity contribution is 6.32. The first kappa shape index (κ1) is 21.5. The zero-order valence-corrected chi connectivity index (χ0v) is 18.1. The second kappa shape index (κ2) is 9.58. The molecule has 0 saturated carbocycles. The summed E-state index contributed by atoms with van der Waals surface area (Å²) in [5.41, 5.74) is 2.02. The van der Waals surface area contributed by atoms with Gasteiger partial charge in [0.1, 0.15) is 12.3 Å². The summed E-state index contributed by atoms with van der Waals surface area (Å²) in [6.45, 7) is 0.125. The first-order chi connectivity index (χ1) is 15.6. The zero-order chi connectivity index (χ0) is 22.5. The Morgan fingerprint density at radius 1 is 1.06 bits per heavy atom. The van der Waals surface area contributed by atoms with Crippen LogP contribution in [0.5, 0.6) is 11.5 Å². The van der Waals surface area contributed by atoms with Crippen LogP contribution in [0.25, 0.3) is 6.08 Å². The number of ether oxygens (including phenoxy) is 2. The van der Waals surface area contributed by atoms with Crippen molar-refractivity contribution in [2.75, 3.05) is 18.6 Å². The van der Waals surface area contributed by atoms with Gasteiger partial charge in [-0.25, -0.2) is 0 Å². The van der Waals surface area contributed by atoms with Gasteiger partial charge in [-0.3, -0.25) is 14.5 Å². The summed E-state index contributed by atoms with van der Waals surface area (Å²) < 4.78 is 11.2. The average molecular weight is 449 g/mol. The van der Waals surface area contributed by atoms with E-state index >= 15 is 0 Å². The van der Waals surface area contributed by atoms with Gasteiger partial charge in [-0.05, 0) is 35.9 Å². The SMILES string of the molecule is COc1ccccc1CNC(=O)CN1C(=O)/C(=C\c2ccccc2Cl)Oc2ccccc21. The summed E-state index contributed by atoms with van der Waals surface area (Å²) in [6.07, 6.45) is 1.58. The molecular weight excluding hydrogens is 428 g/mol. The van der Waals surface area contributed by atoms with Crippen LogP contribution in [0.1, 0.15) is 11.1 Å². The molecule has 0 atom stereocenters. The van der Waals surface area contributed by atoms with Crippen LogP contribution >= 0.6 is 11.6 Å². The monoisotopic (exact) mass is 448 g/mol. The van der Waals surface area contributed by atoms with Gasteiger partial charge in [0.15, 0.2) is 11.5 Å². The van der Waals surface area contributed by atoms with Crippen LogP contribution in [0.4, 0.5) is 5.69 Å². The molecule has 3 aromatic rings. The van der Waals surface area contributed by atoms with Gasteiger partial charge in [0.05, 0.1) is 12.8 Å². The first-order valence-electron chi connectivity index (χ1n) is 10.0. The van der Waals surface area contributed by atoms with Gasteiger partial charge in [-0.1, -0.05) is 60.1 Å². The van der Waals surface area contributed by atoms with E-state index in [4.69, 9.17) is 21.1 Å². The highest BCUT2D eigenvalue weighted by Gasteiger charge is 2.31. The van der Waals surface area contributed by atoms with Crippen molar-refractivity contribution in [3.63, 3.8) is 0 Å². The summed E-state index contributed by atoms with van der Waals surface area (Å²) in [5.74, 6) is 0.539. The van der Waals surface area contributed by atoms with Gasteiger partial charge < -0.3 is 14.8 Å². The molecule has 1 N–H and O–H groups in total. The molecule has 0 aromatic heterocycles. The van der Waals surface area contributed by atoms with E-state index in [1.165, 1.54) is 4.90 Å². The number of amides is 2. The molecule has 0 radical (unpaired) electrons. The van der Waals surface area contributed by atoms with Gasteiger partial charge in [0, 0.05) is 17.1 Å². The molecule has 4 rings (SSSR count). The molecule has 0 saturated heterocycles. The van der Waals surface area contributed by atoms with Gasteiger partial charge in [-0.15, -0.1) is 0 Å². The maximum Gasteiger partial charge on any atom is 0.294 e. The number of carbonyl (C=O) groups excluding carboxylic acids is 2. The van der Waals surface area contributed by atoms with Crippen molar-refractivity contribution >= 4 is 35.2 Å². The number of hydrogen-bond donors (Lipinski definition) is 1. The minimum atomic E-state index is -0.420. The molecule has 3 aromatic carbocycles. The highest BCUT2D eigenvalue weighted by atomic mass is 35.5. The van der Waals surface area contributed by atoms with Crippen molar-refractivity contribution in [1.82, 2.24) is 5.32 Å². The van der Waals surface area contributed by atoms with Crippen molar-refractivity contribution in [3.05, 3.63) is 94.7 Å². The molecule has 1 aliphatic heterocycles. The Morgan fingerprint density at radius 3 is 2.59 bits per heavy atom. The molecule has 32 heavy (non-hydrogen) atoms. The third-order valence-corrected chi connectivity index (χ3v) is 5.34. The number of nitrogens with one attached hydrogen (secondary N) is 1. The van der Waals surface area contributed by atoms with Crippen LogP contribution < -0.4 is 19.7 Å². The van der Waals surface area contributed by atoms with E-state index in [1.54, 1.807) is 43.5 Å². The number of fused-ring (bicyclic) bond motifs is 1.